The molecule has 2 heterocycles. The molecule has 1 aliphatic heterocycles. The van der Waals surface area contributed by atoms with Crippen molar-refractivity contribution in [3.8, 4) is 0 Å². The van der Waals surface area contributed by atoms with Crippen molar-refractivity contribution in [2.24, 2.45) is 5.84 Å². The van der Waals surface area contributed by atoms with E-state index in [1.807, 2.05) is 6.92 Å². The lowest BCUT2D eigenvalue weighted by molar-refractivity contribution is -0.00312. The zero-order chi connectivity index (χ0) is 13.0. The number of nitrogens with two attached hydrogens (primary N) is 1. The third kappa shape index (κ3) is 2.57. The van der Waals surface area contributed by atoms with E-state index in [1.165, 1.54) is 12.4 Å². The van der Waals surface area contributed by atoms with E-state index in [4.69, 9.17) is 10.6 Å². The minimum absolute atomic E-state index is 0.110. The molecular formula is C11H17N5O2. The van der Waals surface area contributed by atoms with Gasteiger partial charge in [-0.05, 0) is 6.42 Å². The first-order valence-corrected chi connectivity index (χ1v) is 5.93. The second-order valence-corrected chi connectivity index (χ2v) is 4.07. The van der Waals surface area contributed by atoms with Crippen molar-refractivity contribution in [2.75, 3.05) is 25.2 Å². The Morgan fingerprint density at radius 2 is 2.44 bits per heavy atom. The molecule has 0 bridgehead atoms. The summed E-state index contributed by atoms with van der Waals surface area (Å²) in [5.74, 6) is 5.52. The van der Waals surface area contributed by atoms with Crippen molar-refractivity contribution in [2.45, 2.75) is 19.4 Å². The van der Waals surface area contributed by atoms with Crippen molar-refractivity contribution in [1.82, 2.24) is 14.9 Å². The fourth-order valence-electron chi connectivity index (χ4n) is 1.92. The van der Waals surface area contributed by atoms with Gasteiger partial charge in [-0.15, -0.1) is 0 Å². The molecule has 0 aliphatic carbocycles. The Morgan fingerprint density at radius 1 is 1.61 bits per heavy atom. The Hall–Kier alpha value is -1.73. The zero-order valence-electron chi connectivity index (χ0n) is 10.3. The van der Waals surface area contributed by atoms with Gasteiger partial charge in [0.1, 0.15) is 5.69 Å². The summed E-state index contributed by atoms with van der Waals surface area (Å²) in [6.07, 6.45) is 3.73. The van der Waals surface area contributed by atoms with Gasteiger partial charge in [0.05, 0.1) is 31.6 Å². The van der Waals surface area contributed by atoms with Crippen molar-refractivity contribution in [3.05, 3.63) is 18.1 Å². The molecule has 1 saturated heterocycles. The molecule has 0 aromatic carbocycles. The highest BCUT2D eigenvalue weighted by Crippen LogP contribution is 2.13. The van der Waals surface area contributed by atoms with Gasteiger partial charge in [-0.1, -0.05) is 6.92 Å². The molecule has 1 fully saturated rings. The van der Waals surface area contributed by atoms with Crippen LogP contribution in [0.1, 0.15) is 23.8 Å². The zero-order valence-corrected chi connectivity index (χ0v) is 10.3. The Balaban J connectivity index is 2.13. The summed E-state index contributed by atoms with van der Waals surface area (Å²) >= 11 is 0. The lowest BCUT2D eigenvalue weighted by Gasteiger charge is -2.34. The van der Waals surface area contributed by atoms with Crippen molar-refractivity contribution in [3.63, 3.8) is 0 Å². The Morgan fingerprint density at radius 3 is 3.06 bits per heavy atom. The number of carbonyl (C=O) groups is 1. The summed E-state index contributed by atoms with van der Waals surface area (Å²) in [4.78, 5) is 22.1. The Bertz CT molecular complexity index is 408. The average molecular weight is 251 g/mol. The van der Waals surface area contributed by atoms with Crippen molar-refractivity contribution < 1.29 is 9.53 Å². The fourth-order valence-corrected chi connectivity index (χ4v) is 1.92. The van der Waals surface area contributed by atoms with Crippen LogP contribution in [0.5, 0.6) is 0 Å². The number of carbonyl (C=O) groups excluding carboxylic acids is 1. The van der Waals surface area contributed by atoms with E-state index >= 15 is 0 Å². The maximum absolute atomic E-state index is 12.3. The maximum Gasteiger partial charge on any atom is 0.274 e. The Kier molecular flexibility index (Phi) is 4.06. The topological polar surface area (TPSA) is 93.4 Å². The monoisotopic (exact) mass is 251 g/mol. The van der Waals surface area contributed by atoms with Crippen LogP contribution in [-0.4, -0.2) is 46.6 Å². The van der Waals surface area contributed by atoms with E-state index in [-0.39, 0.29) is 11.9 Å². The van der Waals surface area contributed by atoms with E-state index in [9.17, 15) is 4.79 Å². The number of anilines is 1. The standard InChI is InChI=1S/C11H17N5O2/c1-2-8-7-18-4-3-16(8)11(17)9-5-14-10(15-12)6-13-9/h5-6,8H,2-4,7,12H2,1H3,(H,14,15). The van der Waals surface area contributed by atoms with Crippen LogP contribution in [0.15, 0.2) is 12.4 Å². The Labute approximate surface area is 105 Å². The average Bonchev–Trinajstić information content (AvgIpc) is 2.46. The van der Waals surface area contributed by atoms with E-state index in [0.717, 1.165) is 6.42 Å². The number of nitrogens with zero attached hydrogens (tertiary/aromatic N) is 3. The number of rotatable bonds is 3. The third-order valence-corrected chi connectivity index (χ3v) is 2.98. The molecule has 1 aliphatic rings. The molecular weight excluding hydrogens is 234 g/mol. The van der Waals surface area contributed by atoms with E-state index in [2.05, 4.69) is 15.4 Å². The van der Waals surface area contributed by atoms with Gasteiger partial charge in [0.25, 0.3) is 5.91 Å². The molecule has 0 spiro atoms. The van der Waals surface area contributed by atoms with Gasteiger partial charge in [-0.25, -0.2) is 15.8 Å². The smallest absolute Gasteiger partial charge is 0.274 e. The molecule has 1 unspecified atom stereocenters. The van der Waals surface area contributed by atoms with Crippen LogP contribution in [0.3, 0.4) is 0 Å². The molecule has 1 atom stereocenters. The fraction of sp³-hybridized carbons (Fsp3) is 0.545. The molecule has 98 valence electrons. The van der Waals surface area contributed by atoms with Crippen LogP contribution in [0, 0.1) is 0 Å². The molecule has 1 amide bonds. The van der Waals surface area contributed by atoms with Gasteiger partial charge >= 0.3 is 0 Å². The number of amides is 1. The summed E-state index contributed by atoms with van der Waals surface area (Å²) in [5.41, 5.74) is 2.70. The SMILES string of the molecule is CCC1COCCN1C(=O)c1cnc(NN)cn1. The minimum Gasteiger partial charge on any atom is -0.377 e. The van der Waals surface area contributed by atoms with Crippen LogP contribution in [-0.2, 0) is 4.74 Å². The molecule has 7 heteroatoms. The number of aromatic nitrogens is 2. The molecule has 2 rings (SSSR count). The van der Waals surface area contributed by atoms with Crippen LogP contribution in [0.2, 0.25) is 0 Å². The number of nitrogen functional groups attached to an aromatic ring is 1. The minimum atomic E-state index is -0.110. The van der Waals surface area contributed by atoms with Crippen LogP contribution in [0.4, 0.5) is 5.82 Å². The van der Waals surface area contributed by atoms with Gasteiger partial charge in [0.15, 0.2) is 5.82 Å². The van der Waals surface area contributed by atoms with Gasteiger partial charge < -0.3 is 15.1 Å². The number of ether oxygens (including phenoxy) is 1. The van der Waals surface area contributed by atoms with Crippen molar-refractivity contribution in [1.29, 1.82) is 0 Å². The van der Waals surface area contributed by atoms with Gasteiger partial charge in [0, 0.05) is 6.54 Å². The summed E-state index contributed by atoms with van der Waals surface area (Å²) in [5, 5.41) is 0. The molecule has 18 heavy (non-hydrogen) atoms. The molecule has 1 aromatic heterocycles. The predicted molar refractivity (Wildman–Crippen MR) is 65.8 cm³/mol. The highest BCUT2D eigenvalue weighted by molar-refractivity contribution is 5.92. The lowest BCUT2D eigenvalue weighted by Crippen LogP contribution is -2.48. The normalized spacial score (nSPS) is 19.7. The summed E-state index contributed by atoms with van der Waals surface area (Å²) in [7, 11) is 0. The molecule has 0 saturated carbocycles. The van der Waals surface area contributed by atoms with Crippen LogP contribution in [0.25, 0.3) is 0 Å². The van der Waals surface area contributed by atoms with E-state index in [1.54, 1.807) is 4.90 Å². The highest BCUT2D eigenvalue weighted by atomic mass is 16.5. The summed E-state index contributed by atoms with van der Waals surface area (Å²) < 4.78 is 5.37. The van der Waals surface area contributed by atoms with Crippen LogP contribution >= 0.6 is 0 Å². The largest absolute Gasteiger partial charge is 0.377 e. The summed E-state index contributed by atoms with van der Waals surface area (Å²) in [6.45, 7) is 3.78. The first-order valence-electron chi connectivity index (χ1n) is 5.93. The highest BCUT2D eigenvalue weighted by Gasteiger charge is 2.27. The third-order valence-electron chi connectivity index (χ3n) is 2.98. The number of hydrogen-bond donors (Lipinski definition) is 2. The summed E-state index contributed by atoms with van der Waals surface area (Å²) in [6, 6.07) is 0.111. The van der Waals surface area contributed by atoms with Gasteiger partial charge in [0.2, 0.25) is 0 Å². The van der Waals surface area contributed by atoms with Crippen molar-refractivity contribution >= 4 is 11.7 Å². The van der Waals surface area contributed by atoms with E-state index in [0.29, 0.717) is 31.3 Å². The maximum atomic E-state index is 12.3. The van der Waals surface area contributed by atoms with E-state index < -0.39 is 0 Å². The first kappa shape index (κ1) is 12.7. The number of nitrogens with one attached hydrogen (secondary N) is 1. The molecule has 0 radical (unpaired) electrons. The number of morpholine rings is 1. The predicted octanol–water partition coefficient (Wildman–Crippen LogP) is 0.0132. The second-order valence-electron chi connectivity index (χ2n) is 4.07. The lowest BCUT2D eigenvalue weighted by atomic mass is 10.1. The number of hydrazine groups is 1. The molecule has 3 N–H and O–H groups in total. The van der Waals surface area contributed by atoms with Gasteiger partial charge in [-0.2, -0.15) is 0 Å². The number of hydrogen-bond acceptors (Lipinski definition) is 6. The quantitative estimate of drug-likeness (QED) is 0.581. The first-order chi connectivity index (χ1) is 8.76. The second kappa shape index (κ2) is 5.74. The molecule has 1 aromatic rings. The molecule has 7 nitrogen and oxygen atoms in total. The van der Waals surface area contributed by atoms with Gasteiger partial charge in [-0.3, -0.25) is 4.79 Å². The van der Waals surface area contributed by atoms with Crippen LogP contribution < -0.4 is 11.3 Å².